The van der Waals surface area contributed by atoms with E-state index in [2.05, 4.69) is 23.7 Å². The number of fused-ring (bicyclic) bond motifs is 5. The highest BCUT2D eigenvalue weighted by Crippen LogP contribution is 2.54. The molecule has 3 rings (SSSR count). The van der Waals surface area contributed by atoms with Crippen LogP contribution in [0.15, 0.2) is 12.4 Å². The Kier molecular flexibility index (Phi) is 1.87. The van der Waals surface area contributed by atoms with E-state index in [1.54, 1.807) is 0 Å². The second-order valence-corrected chi connectivity index (χ2v) is 4.77. The van der Waals surface area contributed by atoms with Crippen molar-refractivity contribution in [3.63, 3.8) is 0 Å². The van der Waals surface area contributed by atoms with E-state index in [-0.39, 0.29) is 5.82 Å². The number of hydrogen-bond acceptors (Lipinski definition) is 2. The highest BCUT2D eigenvalue weighted by molar-refractivity contribution is 5.39. The average Bonchev–Trinajstić information content (AvgIpc) is 2.73. The third-order valence-corrected chi connectivity index (χ3v) is 3.69. The zero-order valence-corrected chi connectivity index (χ0v) is 9.07. The third kappa shape index (κ3) is 1.10. The number of pyridine rings is 1. The fraction of sp³-hybridized carbons (Fsp3) is 0.583. The summed E-state index contributed by atoms with van der Waals surface area (Å²) in [4.78, 5) is 6.39. The monoisotopic (exact) mass is 206 g/mol. The molecule has 2 nitrogen and oxygen atoms in total. The Hall–Kier alpha value is -0.960. The molecule has 0 aliphatic carbocycles. The Balaban J connectivity index is 2.13. The lowest BCUT2D eigenvalue weighted by Crippen LogP contribution is -2.27. The van der Waals surface area contributed by atoms with E-state index in [1.807, 2.05) is 6.20 Å². The summed E-state index contributed by atoms with van der Waals surface area (Å²) in [6, 6.07) is 1.19. The first kappa shape index (κ1) is 9.28. The van der Waals surface area contributed by atoms with Crippen molar-refractivity contribution in [2.24, 2.45) is 0 Å². The standard InChI is InChI=1S/C12H15FN2/c1-7(2)15-10-3-4-11(15)12-8(10)5-14-6-9(12)13/h5-7,10-11H,3-4H2,1-2H3. The molecule has 2 aliphatic heterocycles. The molecule has 0 saturated carbocycles. The molecule has 3 heterocycles. The lowest BCUT2D eigenvalue weighted by atomic mass is 9.93. The summed E-state index contributed by atoms with van der Waals surface area (Å²) >= 11 is 0. The van der Waals surface area contributed by atoms with Crippen LogP contribution in [-0.2, 0) is 0 Å². The number of halogens is 1. The molecule has 2 aliphatic rings. The van der Waals surface area contributed by atoms with Crippen molar-refractivity contribution in [3.8, 4) is 0 Å². The molecule has 0 radical (unpaired) electrons. The first-order valence-corrected chi connectivity index (χ1v) is 5.61. The SMILES string of the molecule is CC(C)N1C2CCC1c1c(F)cncc12. The number of hydrogen-bond donors (Lipinski definition) is 0. The van der Waals surface area contributed by atoms with Gasteiger partial charge in [0.25, 0.3) is 0 Å². The maximum atomic E-state index is 13.7. The summed E-state index contributed by atoms with van der Waals surface area (Å²) in [5.41, 5.74) is 2.04. The van der Waals surface area contributed by atoms with Gasteiger partial charge in [0.2, 0.25) is 0 Å². The minimum absolute atomic E-state index is 0.120. The van der Waals surface area contributed by atoms with Gasteiger partial charge in [-0.1, -0.05) is 0 Å². The van der Waals surface area contributed by atoms with Gasteiger partial charge >= 0.3 is 0 Å². The molecular weight excluding hydrogens is 191 g/mol. The van der Waals surface area contributed by atoms with Crippen molar-refractivity contribution in [1.29, 1.82) is 0 Å². The number of rotatable bonds is 1. The third-order valence-electron chi connectivity index (χ3n) is 3.69. The molecule has 2 bridgehead atoms. The van der Waals surface area contributed by atoms with E-state index >= 15 is 0 Å². The van der Waals surface area contributed by atoms with E-state index in [0.29, 0.717) is 18.1 Å². The minimum atomic E-state index is -0.120. The van der Waals surface area contributed by atoms with Gasteiger partial charge < -0.3 is 0 Å². The Morgan fingerprint density at radius 3 is 2.73 bits per heavy atom. The summed E-state index contributed by atoms with van der Waals surface area (Å²) in [5.74, 6) is -0.120. The molecule has 1 aromatic rings. The lowest BCUT2D eigenvalue weighted by Gasteiger charge is -2.26. The second kappa shape index (κ2) is 3.01. The van der Waals surface area contributed by atoms with Crippen molar-refractivity contribution >= 4 is 0 Å². The van der Waals surface area contributed by atoms with Crippen molar-refractivity contribution in [3.05, 3.63) is 29.3 Å². The number of nitrogens with zero attached hydrogens (tertiary/aromatic N) is 2. The van der Waals surface area contributed by atoms with E-state index in [0.717, 1.165) is 24.0 Å². The van der Waals surface area contributed by atoms with Crippen LogP contribution in [0.4, 0.5) is 4.39 Å². The van der Waals surface area contributed by atoms with Crippen molar-refractivity contribution in [2.75, 3.05) is 0 Å². The zero-order chi connectivity index (χ0) is 10.6. The second-order valence-electron chi connectivity index (χ2n) is 4.77. The molecule has 2 atom stereocenters. The predicted octanol–water partition coefficient (Wildman–Crippen LogP) is 2.82. The molecule has 15 heavy (non-hydrogen) atoms. The van der Waals surface area contributed by atoms with Crippen LogP contribution in [0.1, 0.15) is 49.9 Å². The fourth-order valence-electron chi connectivity index (χ4n) is 3.24. The van der Waals surface area contributed by atoms with Gasteiger partial charge in [-0.05, 0) is 32.3 Å². The summed E-state index contributed by atoms with van der Waals surface area (Å²) < 4.78 is 13.7. The summed E-state index contributed by atoms with van der Waals surface area (Å²) in [6.45, 7) is 4.37. The van der Waals surface area contributed by atoms with Gasteiger partial charge in [0.05, 0.1) is 6.20 Å². The van der Waals surface area contributed by atoms with Crippen molar-refractivity contribution in [1.82, 2.24) is 9.88 Å². The van der Waals surface area contributed by atoms with Gasteiger partial charge in [-0.2, -0.15) is 0 Å². The molecular formula is C12H15FN2. The largest absolute Gasteiger partial charge is 0.287 e. The average molecular weight is 206 g/mol. The normalized spacial score (nSPS) is 28.8. The summed E-state index contributed by atoms with van der Waals surface area (Å²) in [5, 5.41) is 0. The van der Waals surface area contributed by atoms with Crippen LogP contribution in [0.5, 0.6) is 0 Å². The number of aromatic nitrogens is 1. The van der Waals surface area contributed by atoms with E-state index < -0.39 is 0 Å². The molecule has 0 amide bonds. The van der Waals surface area contributed by atoms with E-state index in [1.165, 1.54) is 6.20 Å². The van der Waals surface area contributed by atoms with E-state index in [4.69, 9.17) is 0 Å². The first-order chi connectivity index (χ1) is 7.20. The fourth-order valence-corrected chi connectivity index (χ4v) is 3.24. The smallest absolute Gasteiger partial charge is 0.146 e. The molecule has 0 spiro atoms. The molecule has 1 aromatic heterocycles. The van der Waals surface area contributed by atoms with E-state index in [9.17, 15) is 4.39 Å². The van der Waals surface area contributed by atoms with Crippen molar-refractivity contribution < 1.29 is 4.39 Å². The first-order valence-electron chi connectivity index (χ1n) is 5.61. The van der Waals surface area contributed by atoms with Gasteiger partial charge in [-0.15, -0.1) is 0 Å². The lowest BCUT2D eigenvalue weighted by molar-refractivity contribution is 0.172. The highest BCUT2D eigenvalue weighted by Gasteiger charge is 2.46. The molecule has 3 heteroatoms. The zero-order valence-electron chi connectivity index (χ0n) is 9.07. The van der Waals surface area contributed by atoms with Gasteiger partial charge in [0.15, 0.2) is 0 Å². The Morgan fingerprint density at radius 1 is 1.33 bits per heavy atom. The summed E-state index contributed by atoms with van der Waals surface area (Å²) in [6.07, 6.45) is 5.44. The molecule has 0 N–H and O–H groups in total. The molecule has 1 saturated heterocycles. The highest BCUT2D eigenvalue weighted by atomic mass is 19.1. The van der Waals surface area contributed by atoms with Crippen LogP contribution in [-0.4, -0.2) is 15.9 Å². The Morgan fingerprint density at radius 2 is 2.07 bits per heavy atom. The summed E-state index contributed by atoms with van der Waals surface area (Å²) in [7, 11) is 0. The van der Waals surface area contributed by atoms with Gasteiger partial charge in [-0.25, -0.2) is 4.39 Å². The Labute approximate surface area is 89.1 Å². The van der Waals surface area contributed by atoms with Crippen LogP contribution in [0.2, 0.25) is 0 Å². The molecule has 2 unspecified atom stereocenters. The van der Waals surface area contributed by atoms with Crippen LogP contribution < -0.4 is 0 Å². The van der Waals surface area contributed by atoms with Crippen LogP contribution in [0.25, 0.3) is 0 Å². The molecule has 80 valence electrons. The predicted molar refractivity (Wildman–Crippen MR) is 55.9 cm³/mol. The molecule has 0 aromatic carbocycles. The van der Waals surface area contributed by atoms with Crippen LogP contribution in [0.3, 0.4) is 0 Å². The topological polar surface area (TPSA) is 16.1 Å². The van der Waals surface area contributed by atoms with Gasteiger partial charge in [0, 0.05) is 29.9 Å². The molecule has 1 fully saturated rings. The Bertz CT molecular complexity index is 403. The van der Waals surface area contributed by atoms with Gasteiger partial charge in [-0.3, -0.25) is 9.88 Å². The maximum Gasteiger partial charge on any atom is 0.146 e. The van der Waals surface area contributed by atoms with Crippen LogP contribution >= 0.6 is 0 Å². The maximum absolute atomic E-state index is 13.7. The quantitative estimate of drug-likeness (QED) is 0.702. The van der Waals surface area contributed by atoms with Crippen molar-refractivity contribution in [2.45, 2.75) is 44.8 Å². The van der Waals surface area contributed by atoms with Gasteiger partial charge in [0.1, 0.15) is 5.82 Å². The van der Waals surface area contributed by atoms with Crippen LogP contribution in [0, 0.1) is 5.82 Å². The minimum Gasteiger partial charge on any atom is -0.287 e.